The van der Waals surface area contributed by atoms with Gasteiger partial charge in [-0.3, -0.25) is 19.3 Å². The lowest BCUT2D eigenvalue weighted by molar-refractivity contribution is 0.0656. The molecule has 3 amide bonds. The summed E-state index contributed by atoms with van der Waals surface area (Å²) in [6, 6.07) is 14.3. The summed E-state index contributed by atoms with van der Waals surface area (Å²) >= 11 is 0. The molecule has 2 aromatic rings. The highest BCUT2D eigenvalue weighted by Gasteiger charge is 2.35. The minimum absolute atomic E-state index is 0.267. The summed E-state index contributed by atoms with van der Waals surface area (Å²) in [5, 5.41) is 2.78. The number of hydrogen-bond acceptors (Lipinski definition) is 4. The summed E-state index contributed by atoms with van der Waals surface area (Å²) in [6.07, 6.45) is 1.30. The molecule has 140 valence electrons. The predicted molar refractivity (Wildman–Crippen MR) is 101 cm³/mol. The Morgan fingerprint density at radius 3 is 2.52 bits per heavy atom. The number of amides is 3. The molecule has 1 aliphatic heterocycles. The molecule has 1 heterocycles. The van der Waals surface area contributed by atoms with E-state index < -0.39 is 0 Å². The van der Waals surface area contributed by atoms with Crippen molar-refractivity contribution in [1.29, 1.82) is 0 Å². The van der Waals surface area contributed by atoms with Crippen LogP contribution in [0.25, 0.3) is 0 Å². The monoisotopic (exact) mass is 366 g/mol. The fourth-order valence-corrected chi connectivity index (χ4v) is 3.04. The van der Waals surface area contributed by atoms with Gasteiger partial charge >= 0.3 is 0 Å². The first kappa shape index (κ1) is 18.8. The Morgan fingerprint density at radius 1 is 1.04 bits per heavy atom. The molecule has 2 aromatic carbocycles. The minimum Gasteiger partial charge on any atom is -0.385 e. The van der Waals surface area contributed by atoms with Crippen LogP contribution >= 0.6 is 0 Å². The lowest BCUT2D eigenvalue weighted by atomic mass is 10.1. The summed E-state index contributed by atoms with van der Waals surface area (Å²) in [7, 11) is 1.61. The van der Waals surface area contributed by atoms with Gasteiger partial charge < -0.3 is 10.1 Å². The van der Waals surface area contributed by atoms with Crippen LogP contribution in [0.3, 0.4) is 0 Å². The fraction of sp³-hybridized carbons (Fsp3) is 0.286. The van der Waals surface area contributed by atoms with E-state index in [2.05, 4.69) is 5.32 Å². The first-order chi connectivity index (χ1) is 13.1. The quantitative estimate of drug-likeness (QED) is 0.575. The number of methoxy groups -OCH3 is 1. The molecule has 6 heteroatoms. The van der Waals surface area contributed by atoms with Crippen molar-refractivity contribution in [2.24, 2.45) is 0 Å². The molecule has 6 nitrogen and oxygen atoms in total. The molecule has 0 radical (unpaired) electrons. The molecule has 0 unspecified atom stereocenters. The maximum absolute atomic E-state index is 12.7. The number of hydrogen-bond donors (Lipinski definition) is 1. The van der Waals surface area contributed by atoms with E-state index in [-0.39, 0.29) is 23.3 Å². The number of imide groups is 1. The van der Waals surface area contributed by atoms with Crippen LogP contribution in [0.5, 0.6) is 0 Å². The summed E-state index contributed by atoms with van der Waals surface area (Å²) in [4.78, 5) is 38.7. The van der Waals surface area contributed by atoms with Crippen molar-refractivity contribution in [2.45, 2.75) is 12.8 Å². The SMILES string of the molecule is COCCCNC(=O)c1ccc2c(c1)C(=O)N(CCc1ccccc1)C2=O. The molecule has 0 saturated heterocycles. The molecule has 3 rings (SSSR count). The van der Waals surface area contributed by atoms with Crippen LogP contribution in [0, 0.1) is 0 Å². The van der Waals surface area contributed by atoms with Gasteiger partial charge in [-0.1, -0.05) is 30.3 Å². The Kier molecular flexibility index (Phi) is 5.98. The van der Waals surface area contributed by atoms with Gasteiger partial charge in [-0.05, 0) is 36.6 Å². The topological polar surface area (TPSA) is 75.7 Å². The standard InChI is InChI=1S/C21H22N2O4/c1-27-13-5-11-22-19(24)16-8-9-17-18(14-16)21(26)23(20(17)25)12-10-15-6-3-2-4-7-15/h2-4,6-9,14H,5,10-13H2,1H3,(H,22,24). The average Bonchev–Trinajstić information content (AvgIpc) is 2.94. The molecule has 0 atom stereocenters. The van der Waals surface area contributed by atoms with Gasteiger partial charge in [-0.15, -0.1) is 0 Å². The van der Waals surface area contributed by atoms with Gasteiger partial charge in [0.15, 0.2) is 0 Å². The number of fused-ring (bicyclic) bond motifs is 1. The van der Waals surface area contributed by atoms with Gasteiger partial charge in [0.1, 0.15) is 0 Å². The second-order valence-electron chi connectivity index (χ2n) is 6.36. The van der Waals surface area contributed by atoms with Gasteiger partial charge in [0.2, 0.25) is 0 Å². The van der Waals surface area contributed by atoms with Gasteiger partial charge in [0.25, 0.3) is 17.7 Å². The molecule has 0 saturated carbocycles. The third-order valence-corrected chi connectivity index (χ3v) is 4.51. The Balaban J connectivity index is 1.67. The summed E-state index contributed by atoms with van der Waals surface area (Å²) in [5.74, 6) is -0.921. The zero-order chi connectivity index (χ0) is 19.2. The zero-order valence-electron chi connectivity index (χ0n) is 15.2. The molecule has 0 aromatic heterocycles. The van der Waals surface area contributed by atoms with Crippen molar-refractivity contribution in [2.75, 3.05) is 26.8 Å². The molecule has 1 aliphatic rings. The third kappa shape index (κ3) is 4.23. The van der Waals surface area contributed by atoms with Gasteiger partial charge in [0.05, 0.1) is 11.1 Å². The van der Waals surface area contributed by atoms with Crippen molar-refractivity contribution in [3.05, 3.63) is 70.8 Å². The van der Waals surface area contributed by atoms with E-state index in [0.29, 0.717) is 43.7 Å². The molecular formula is C21H22N2O4. The Morgan fingerprint density at radius 2 is 1.78 bits per heavy atom. The lowest BCUT2D eigenvalue weighted by Gasteiger charge is -2.13. The van der Waals surface area contributed by atoms with Crippen LogP contribution in [0.2, 0.25) is 0 Å². The first-order valence-corrected chi connectivity index (χ1v) is 8.93. The largest absolute Gasteiger partial charge is 0.385 e. The fourth-order valence-electron chi connectivity index (χ4n) is 3.04. The predicted octanol–water partition coefficient (Wildman–Crippen LogP) is 2.29. The number of carbonyl (C=O) groups is 3. The normalized spacial score (nSPS) is 13.0. The van der Waals surface area contributed by atoms with Crippen LogP contribution < -0.4 is 5.32 Å². The zero-order valence-corrected chi connectivity index (χ0v) is 15.2. The van der Waals surface area contributed by atoms with E-state index in [1.165, 1.54) is 11.0 Å². The lowest BCUT2D eigenvalue weighted by Crippen LogP contribution is -2.31. The molecule has 27 heavy (non-hydrogen) atoms. The van der Waals surface area contributed by atoms with Crippen LogP contribution in [0.4, 0.5) is 0 Å². The van der Waals surface area contributed by atoms with Crippen molar-refractivity contribution >= 4 is 17.7 Å². The number of benzene rings is 2. The van der Waals surface area contributed by atoms with Crippen LogP contribution in [-0.4, -0.2) is 49.4 Å². The van der Waals surface area contributed by atoms with Crippen molar-refractivity contribution in [3.8, 4) is 0 Å². The van der Waals surface area contributed by atoms with Gasteiger partial charge in [0, 0.05) is 32.4 Å². The van der Waals surface area contributed by atoms with Crippen LogP contribution in [0.15, 0.2) is 48.5 Å². The van der Waals surface area contributed by atoms with E-state index >= 15 is 0 Å². The molecule has 0 bridgehead atoms. The van der Waals surface area contributed by atoms with E-state index in [1.807, 2.05) is 30.3 Å². The number of nitrogens with one attached hydrogen (secondary N) is 1. The highest BCUT2D eigenvalue weighted by molar-refractivity contribution is 6.22. The highest BCUT2D eigenvalue weighted by Crippen LogP contribution is 2.24. The van der Waals surface area contributed by atoms with Gasteiger partial charge in [-0.2, -0.15) is 0 Å². The Hall–Kier alpha value is -2.99. The summed E-state index contributed by atoms with van der Waals surface area (Å²) < 4.78 is 4.94. The molecule has 0 aliphatic carbocycles. The highest BCUT2D eigenvalue weighted by atomic mass is 16.5. The Bertz CT molecular complexity index is 849. The van der Waals surface area contributed by atoms with Crippen LogP contribution in [-0.2, 0) is 11.2 Å². The van der Waals surface area contributed by atoms with Crippen LogP contribution in [0.1, 0.15) is 43.1 Å². The second-order valence-corrected chi connectivity index (χ2v) is 6.36. The number of ether oxygens (including phenoxy) is 1. The minimum atomic E-state index is -0.347. The molecular weight excluding hydrogens is 344 g/mol. The Labute approximate surface area is 158 Å². The molecule has 1 N–H and O–H groups in total. The maximum Gasteiger partial charge on any atom is 0.261 e. The average molecular weight is 366 g/mol. The first-order valence-electron chi connectivity index (χ1n) is 8.93. The van der Waals surface area contributed by atoms with E-state index in [0.717, 1.165) is 5.56 Å². The number of nitrogens with zero attached hydrogens (tertiary/aromatic N) is 1. The van der Waals surface area contributed by atoms with E-state index in [4.69, 9.17) is 4.74 Å². The molecule has 0 fully saturated rings. The number of carbonyl (C=O) groups excluding carboxylic acids is 3. The molecule has 0 spiro atoms. The third-order valence-electron chi connectivity index (χ3n) is 4.51. The summed E-state index contributed by atoms with van der Waals surface area (Å²) in [5.41, 5.74) is 2.07. The van der Waals surface area contributed by atoms with Crippen molar-refractivity contribution in [1.82, 2.24) is 10.2 Å². The van der Waals surface area contributed by atoms with E-state index in [1.54, 1.807) is 19.2 Å². The van der Waals surface area contributed by atoms with Gasteiger partial charge in [-0.25, -0.2) is 0 Å². The number of rotatable bonds is 8. The van der Waals surface area contributed by atoms with Crippen molar-refractivity contribution in [3.63, 3.8) is 0 Å². The smallest absolute Gasteiger partial charge is 0.261 e. The second kappa shape index (κ2) is 8.60. The maximum atomic E-state index is 12.7. The van der Waals surface area contributed by atoms with Crippen molar-refractivity contribution < 1.29 is 19.1 Å². The van der Waals surface area contributed by atoms with E-state index in [9.17, 15) is 14.4 Å². The summed E-state index contributed by atoms with van der Waals surface area (Å²) in [6.45, 7) is 1.36.